The van der Waals surface area contributed by atoms with Crippen molar-refractivity contribution >= 4 is 6.16 Å². The molecule has 1 saturated heterocycles. The number of hydrogen-bond donors (Lipinski definition) is 0. The average molecular weight is 144 g/mol. The Kier molecular flexibility index (Phi) is 2.54. The third kappa shape index (κ3) is 1.90. The van der Waals surface area contributed by atoms with E-state index in [0.29, 0.717) is 6.61 Å². The van der Waals surface area contributed by atoms with E-state index in [2.05, 4.69) is 11.7 Å². The predicted octanol–water partition coefficient (Wildman–Crippen LogP) is 1.71. The number of hydrogen-bond acceptors (Lipinski definition) is 3. The lowest BCUT2D eigenvalue weighted by molar-refractivity contribution is 0.115. The summed E-state index contributed by atoms with van der Waals surface area (Å²) in [6.07, 6.45) is 2.67. The molecule has 1 aliphatic heterocycles. The van der Waals surface area contributed by atoms with Crippen molar-refractivity contribution in [1.29, 1.82) is 0 Å². The van der Waals surface area contributed by atoms with Crippen LogP contribution >= 0.6 is 0 Å². The van der Waals surface area contributed by atoms with Crippen molar-refractivity contribution in [2.75, 3.05) is 6.61 Å². The Morgan fingerprint density at radius 2 is 2.50 bits per heavy atom. The van der Waals surface area contributed by atoms with Crippen molar-refractivity contribution < 1.29 is 14.3 Å². The van der Waals surface area contributed by atoms with Crippen LogP contribution in [0.3, 0.4) is 0 Å². The summed E-state index contributed by atoms with van der Waals surface area (Å²) in [7, 11) is 0. The molecule has 1 fully saturated rings. The molecule has 0 amide bonds. The van der Waals surface area contributed by atoms with Gasteiger partial charge in [-0.15, -0.1) is 0 Å². The van der Waals surface area contributed by atoms with Crippen LogP contribution in [0, 0.1) is 0 Å². The molecule has 3 nitrogen and oxygen atoms in total. The van der Waals surface area contributed by atoms with Crippen LogP contribution in [0.15, 0.2) is 0 Å². The number of carbonyl (C=O) groups is 1. The number of cyclic esters (lactones) is 2. The minimum Gasteiger partial charge on any atom is -0.430 e. The fourth-order valence-electron chi connectivity index (χ4n) is 0.939. The summed E-state index contributed by atoms with van der Waals surface area (Å²) in [5, 5.41) is 0. The van der Waals surface area contributed by atoms with Crippen LogP contribution in [0.1, 0.15) is 26.2 Å². The Labute approximate surface area is 60.3 Å². The van der Waals surface area contributed by atoms with Gasteiger partial charge in [0.25, 0.3) is 0 Å². The lowest BCUT2D eigenvalue weighted by Crippen LogP contribution is -2.08. The summed E-state index contributed by atoms with van der Waals surface area (Å²) in [5.74, 6) is 0. The zero-order chi connectivity index (χ0) is 7.40. The second-order valence-corrected chi connectivity index (χ2v) is 2.44. The number of ether oxygens (including phenoxy) is 2. The minimum absolute atomic E-state index is 0.0208. The van der Waals surface area contributed by atoms with E-state index in [9.17, 15) is 4.79 Å². The zero-order valence-corrected chi connectivity index (χ0v) is 6.13. The molecule has 0 unspecified atom stereocenters. The maximum Gasteiger partial charge on any atom is 0.508 e. The molecule has 0 aromatic rings. The summed E-state index contributed by atoms with van der Waals surface area (Å²) >= 11 is 0. The predicted molar refractivity (Wildman–Crippen MR) is 35.7 cm³/mol. The maximum atomic E-state index is 10.4. The van der Waals surface area contributed by atoms with Gasteiger partial charge in [-0.1, -0.05) is 13.3 Å². The van der Waals surface area contributed by atoms with Crippen LogP contribution in [0.2, 0.25) is 0 Å². The van der Waals surface area contributed by atoms with Crippen LogP contribution in [0.5, 0.6) is 0 Å². The van der Waals surface area contributed by atoms with Gasteiger partial charge in [0, 0.05) is 0 Å². The average Bonchev–Trinajstić information content (AvgIpc) is 2.31. The Balaban J connectivity index is 2.12. The summed E-state index contributed by atoms with van der Waals surface area (Å²) in [4.78, 5) is 10.4. The molecule has 3 heteroatoms. The monoisotopic (exact) mass is 144 g/mol. The molecule has 58 valence electrons. The highest BCUT2D eigenvalue weighted by Gasteiger charge is 2.23. The van der Waals surface area contributed by atoms with Gasteiger partial charge in [-0.2, -0.15) is 0 Å². The molecule has 0 aromatic carbocycles. The Morgan fingerprint density at radius 1 is 1.70 bits per heavy atom. The summed E-state index contributed by atoms with van der Waals surface area (Å²) in [6.45, 7) is 2.55. The van der Waals surface area contributed by atoms with Gasteiger partial charge in [-0.05, 0) is 12.8 Å². The standard InChI is InChI=1S/C7H12O3/c1-2-3-4-6-5-9-7(8)10-6/h6H,2-5H2,1H3/t6-/m1/s1. The first-order valence-corrected chi connectivity index (χ1v) is 3.66. The topological polar surface area (TPSA) is 35.5 Å². The number of carbonyl (C=O) groups excluding carboxylic acids is 1. The Morgan fingerprint density at radius 3 is 3.00 bits per heavy atom. The van der Waals surface area contributed by atoms with Crippen LogP contribution in [0.25, 0.3) is 0 Å². The van der Waals surface area contributed by atoms with E-state index >= 15 is 0 Å². The van der Waals surface area contributed by atoms with Crippen molar-refractivity contribution in [2.24, 2.45) is 0 Å². The van der Waals surface area contributed by atoms with E-state index in [1.165, 1.54) is 0 Å². The highest BCUT2D eigenvalue weighted by molar-refractivity contribution is 5.61. The van der Waals surface area contributed by atoms with Crippen LogP contribution in [-0.4, -0.2) is 18.9 Å². The van der Waals surface area contributed by atoms with Gasteiger partial charge in [-0.3, -0.25) is 0 Å². The third-order valence-corrected chi connectivity index (χ3v) is 1.53. The van der Waals surface area contributed by atoms with Crippen molar-refractivity contribution in [1.82, 2.24) is 0 Å². The second-order valence-electron chi connectivity index (χ2n) is 2.44. The molecule has 1 heterocycles. The molecule has 0 bridgehead atoms. The van der Waals surface area contributed by atoms with Gasteiger partial charge in [0.15, 0.2) is 0 Å². The number of rotatable bonds is 3. The van der Waals surface area contributed by atoms with E-state index in [-0.39, 0.29) is 6.10 Å². The fourth-order valence-corrected chi connectivity index (χ4v) is 0.939. The first-order chi connectivity index (χ1) is 4.83. The normalized spacial score (nSPS) is 24.1. The molecule has 1 rings (SSSR count). The Hall–Kier alpha value is -0.730. The molecule has 0 aliphatic carbocycles. The molecular weight excluding hydrogens is 132 g/mol. The molecule has 1 atom stereocenters. The van der Waals surface area contributed by atoms with Crippen molar-refractivity contribution in [3.8, 4) is 0 Å². The number of unbranched alkanes of at least 4 members (excludes halogenated alkanes) is 1. The zero-order valence-electron chi connectivity index (χ0n) is 6.13. The lowest BCUT2D eigenvalue weighted by atomic mass is 10.2. The first kappa shape index (κ1) is 7.38. The van der Waals surface area contributed by atoms with Gasteiger partial charge in [-0.25, -0.2) is 4.79 Å². The second kappa shape index (κ2) is 3.44. The van der Waals surface area contributed by atoms with E-state index in [1.807, 2.05) is 0 Å². The van der Waals surface area contributed by atoms with E-state index in [0.717, 1.165) is 19.3 Å². The lowest BCUT2D eigenvalue weighted by Gasteiger charge is -2.02. The molecular formula is C7H12O3. The fraction of sp³-hybridized carbons (Fsp3) is 0.857. The molecule has 0 radical (unpaired) electrons. The summed E-state index contributed by atoms with van der Waals surface area (Å²) in [5.41, 5.74) is 0. The molecule has 0 spiro atoms. The smallest absolute Gasteiger partial charge is 0.430 e. The van der Waals surface area contributed by atoms with Gasteiger partial charge < -0.3 is 9.47 Å². The molecule has 10 heavy (non-hydrogen) atoms. The SMILES string of the molecule is CCCC[C@@H]1COC(=O)O1. The van der Waals surface area contributed by atoms with E-state index < -0.39 is 6.16 Å². The van der Waals surface area contributed by atoms with Gasteiger partial charge >= 0.3 is 6.16 Å². The van der Waals surface area contributed by atoms with Gasteiger partial charge in [0.1, 0.15) is 12.7 Å². The highest BCUT2D eigenvalue weighted by Crippen LogP contribution is 2.12. The quantitative estimate of drug-likeness (QED) is 0.565. The Bertz CT molecular complexity index is 122. The summed E-state index contributed by atoms with van der Waals surface area (Å²) in [6, 6.07) is 0. The first-order valence-electron chi connectivity index (χ1n) is 3.66. The van der Waals surface area contributed by atoms with Crippen molar-refractivity contribution in [3.05, 3.63) is 0 Å². The van der Waals surface area contributed by atoms with E-state index in [4.69, 9.17) is 4.74 Å². The molecule has 0 aromatic heterocycles. The maximum absolute atomic E-state index is 10.4. The third-order valence-electron chi connectivity index (χ3n) is 1.53. The van der Waals surface area contributed by atoms with Crippen LogP contribution in [0.4, 0.5) is 4.79 Å². The molecule has 0 saturated carbocycles. The van der Waals surface area contributed by atoms with Crippen molar-refractivity contribution in [3.63, 3.8) is 0 Å². The summed E-state index contributed by atoms with van der Waals surface area (Å²) < 4.78 is 9.40. The van der Waals surface area contributed by atoms with Gasteiger partial charge in [0.2, 0.25) is 0 Å². The van der Waals surface area contributed by atoms with Gasteiger partial charge in [0.05, 0.1) is 0 Å². The minimum atomic E-state index is -0.513. The molecule has 1 aliphatic rings. The van der Waals surface area contributed by atoms with Crippen LogP contribution in [-0.2, 0) is 9.47 Å². The largest absolute Gasteiger partial charge is 0.508 e. The molecule has 0 N–H and O–H groups in total. The van der Waals surface area contributed by atoms with Crippen molar-refractivity contribution in [2.45, 2.75) is 32.3 Å². The van der Waals surface area contributed by atoms with Crippen LogP contribution < -0.4 is 0 Å². The van der Waals surface area contributed by atoms with E-state index in [1.54, 1.807) is 0 Å². The highest BCUT2D eigenvalue weighted by atomic mass is 16.8.